The van der Waals surface area contributed by atoms with Crippen LogP contribution >= 0.6 is 0 Å². The largest absolute Gasteiger partial charge is 0.441 e. The van der Waals surface area contributed by atoms with E-state index in [0.717, 1.165) is 6.42 Å². The van der Waals surface area contributed by atoms with Gasteiger partial charge in [0.15, 0.2) is 0 Å². The fraction of sp³-hybridized carbons (Fsp3) is 0.391. The normalized spacial score (nSPS) is 9.69. The predicted octanol–water partition coefficient (Wildman–Crippen LogP) is 0.507. The fourth-order valence-corrected chi connectivity index (χ4v) is 2.73. The molecule has 0 bridgehead atoms. The van der Waals surface area contributed by atoms with E-state index in [-0.39, 0.29) is 78.4 Å². The molecule has 0 unspecified atom stereocenters. The Morgan fingerprint density at radius 3 is 2.08 bits per heavy atom. The molecule has 0 aromatic carbocycles. The van der Waals surface area contributed by atoms with Crippen molar-refractivity contribution in [3.05, 3.63) is 53.6 Å². The minimum atomic E-state index is -0.488. The van der Waals surface area contributed by atoms with E-state index >= 15 is 0 Å². The van der Waals surface area contributed by atoms with Crippen molar-refractivity contribution in [1.29, 1.82) is 0 Å². The molecule has 36 heavy (non-hydrogen) atoms. The molecule has 4 rings (SSSR count). The molecule has 3 aromatic rings. The van der Waals surface area contributed by atoms with E-state index in [4.69, 9.17) is 0 Å². The molecule has 3 aromatic heterocycles. The number of fused-ring (bicyclic) bond motifs is 2. The Balaban J connectivity index is 0. The average Bonchev–Trinajstić information content (AvgIpc) is 3.44. The van der Waals surface area contributed by atoms with Crippen LogP contribution in [0.4, 0.5) is 5.82 Å². The molecule has 11 nitrogen and oxygen atoms in total. The van der Waals surface area contributed by atoms with Gasteiger partial charge in [0, 0.05) is 90.9 Å². The van der Waals surface area contributed by atoms with Gasteiger partial charge in [0.1, 0.15) is 0 Å². The van der Waals surface area contributed by atoms with Crippen LogP contribution in [0.2, 0.25) is 0 Å². The molecule has 0 saturated heterocycles. The molecule has 2 N–H and O–H groups in total. The van der Waals surface area contributed by atoms with Crippen molar-refractivity contribution in [3.63, 3.8) is 0 Å². The minimum absolute atomic E-state index is 0. The number of aliphatic imine (C=N–C) groups is 1. The summed E-state index contributed by atoms with van der Waals surface area (Å²) in [5.41, 5.74) is -0.621. The zero-order chi connectivity index (χ0) is 24.5. The average molecular weight is 643 g/mol. The first kappa shape index (κ1) is 36.0. The molecule has 2 radical (unpaired) electrons. The van der Waals surface area contributed by atoms with Crippen molar-refractivity contribution in [2.45, 2.75) is 47.6 Å². The van der Waals surface area contributed by atoms with Crippen LogP contribution in [0.5, 0.6) is 0 Å². The second-order valence-corrected chi connectivity index (χ2v) is 6.56. The van der Waals surface area contributed by atoms with E-state index in [1.165, 1.54) is 20.7 Å². The number of hydrogen-bond donors (Lipinski definition) is 2. The zero-order valence-corrected chi connectivity index (χ0v) is 25.8. The third-order valence-electron chi connectivity index (χ3n) is 4.41. The van der Waals surface area contributed by atoms with Gasteiger partial charge in [0.05, 0.1) is 6.54 Å². The van der Waals surface area contributed by atoms with Crippen LogP contribution < -0.4 is 22.5 Å². The molecule has 0 amide bonds. The molecule has 0 atom stereocenters. The van der Waals surface area contributed by atoms with Crippen LogP contribution in [-0.4, -0.2) is 34.9 Å². The zero-order valence-electron chi connectivity index (χ0n) is 20.1. The molecule has 13 heteroatoms. The van der Waals surface area contributed by atoms with E-state index in [1.54, 1.807) is 14.0 Å². The number of rotatable bonds is 1. The van der Waals surface area contributed by atoms with Crippen molar-refractivity contribution in [3.8, 4) is 23.7 Å². The van der Waals surface area contributed by atoms with Gasteiger partial charge < -0.3 is 23.7 Å². The Kier molecular flexibility index (Phi) is 17.3. The van der Waals surface area contributed by atoms with Gasteiger partial charge in [-0.15, -0.1) is 17.8 Å². The van der Waals surface area contributed by atoms with E-state index < -0.39 is 16.9 Å². The Bertz CT molecular complexity index is 1550. The second kappa shape index (κ2) is 17.3. The Morgan fingerprint density at radius 2 is 1.53 bits per heavy atom. The number of hydrogen-bond acceptors (Lipinski definition) is 6. The summed E-state index contributed by atoms with van der Waals surface area (Å²) in [5.74, 6) is 11.6. The van der Waals surface area contributed by atoms with Crippen molar-refractivity contribution < 1.29 is 65.4 Å². The predicted molar refractivity (Wildman–Crippen MR) is 131 cm³/mol. The van der Waals surface area contributed by atoms with Crippen LogP contribution in [0.3, 0.4) is 0 Å². The number of H-pyrrole nitrogens is 2. The van der Waals surface area contributed by atoms with Crippen LogP contribution in [0.1, 0.15) is 40.2 Å². The SMILES string of the molecule is C.CC#CCC.CC#CCn1[c-]nc2c1c(=O)[nH]c(=O)n2C.Cn1c2c(c(=O)[nH]c1=O)C[C-]=N2.[Y].[Y]. The number of aromatic nitrogens is 6. The molecule has 0 spiro atoms. The van der Waals surface area contributed by atoms with E-state index in [9.17, 15) is 19.2 Å². The Labute approximate surface area is 259 Å². The molecular formula is C23H27N7O4Y2-2. The molecule has 1 aliphatic heterocycles. The van der Waals surface area contributed by atoms with Gasteiger partial charge in [-0.05, 0) is 37.8 Å². The topological polar surface area (TPSA) is 140 Å². The summed E-state index contributed by atoms with van der Waals surface area (Å²) in [7, 11) is 3.10. The number of aryl methyl sites for hydroxylation is 1. The van der Waals surface area contributed by atoms with Crippen molar-refractivity contribution in [2.24, 2.45) is 19.1 Å². The van der Waals surface area contributed by atoms with Gasteiger partial charge in [0.25, 0.3) is 0 Å². The molecule has 186 valence electrons. The van der Waals surface area contributed by atoms with Crippen molar-refractivity contribution in [1.82, 2.24) is 28.7 Å². The van der Waals surface area contributed by atoms with Gasteiger partial charge in [-0.1, -0.05) is 26.7 Å². The summed E-state index contributed by atoms with van der Waals surface area (Å²) < 4.78 is 4.06. The first-order chi connectivity index (χ1) is 15.8. The van der Waals surface area contributed by atoms with Gasteiger partial charge in [0.2, 0.25) is 11.1 Å². The van der Waals surface area contributed by atoms with E-state index in [2.05, 4.69) is 56.2 Å². The maximum absolute atomic E-state index is 11.6. The second-order valence-electron chi connectivity index (χ2n) is 6.56. The van der Waals surface area contributed by atoms with Crippen LogP contribution in [0.15, 0.2) is 24.2 Å². The van der Waals surface area contributed by atoms with E-state index in [0.29, 0.717) is 35.5 Å². The standard InChI is InChI=1S/C10H9N4O2.C7H6N3O2.C5H8.CH4.2Y/c1-3-4-5-14-6-11-8-7(14)9(15)12-10(16)13(8)2;1-10-5-4(2-3-8-5)6(11)9-7(10)12;1-3-5-4-2;;;/h5H2,1-2H3,(H,12,15,16);2H2,1H3,(H,9,11,12);3H2,1-2H3;1H4;;/q2*-1;;;;. The summed E-state index contributed by atoms with van der Waals surface area (Å²) in [5, 5.41) is 0. The van der Waals surface area contributed by atoms with Crippen molar-refractivity contribution in [2.75, 3.05) is 0 Å². The molecule has 0 aliphatic carbocycles. The van der Waals surface area contributed by atoms with Gasteiger partial charge >= 0.3 is 11.4 Å². The summed E-state index contributed by atoms with van der Waals surface area (Å²) in [6.45, 7) is 5.92. The summed E-state index contributed by atoms with van der Waals surface area (Å²) in [6.07, 6.45) is 6.65. The monoisotopic (exact) mass is 643 g/mol. The molecule has 1 aliphatic rings. The summed E-state index contributed by atoms with van der Waals surface area (Å²) >= 11 is 0. The first-order valence-corrected chi connectivity index (χ1v) is 9.88. The Morgan fingerprint density at radius 1 is 0.944 bits per heavy atom. The fourth-order valence-electron chi connectivity index (χ4n) is 2.73. The first-order valence-electron chi connectivity index (χ1n) is 9.88. The number of aromatic amines is 2. The van der Waals surface area contributed by atoms with Gasteiger partial charge in [-0.25, -0.2) is 9.59 Å². The maximum Gasteiger partial charge on any atom is 0.317 e. The van der Waals surface area contributed by atoms with Crippen LogP contribution in [0, 0.1) is 30.0 Å². The van der Waals surface area contributed by atoms with Crippen molar-refractivity contribution >= 4 is 23.2 Å². The third kappa shape index (κ3) is 8.74. The molecular weight excluding hydrogens is 616 g/mol. The smallest absolute Gasteiger partial charge is 0.317 e. The van der Waals surface area contributed by atoms with Gasteiger partial charge in [-0.2, -0.15) is 6.21 Å². The van der Waals surface area contributed by atoms with Crippen LogP contribution in [-0.2, 0) is 92.5 Å². The summed E-state index contributed by atoms with van der Waals surface area (Å²) in [4.78, 5) is 57.1. The maximum atomic E-state index is 11.6. The van der Waals surface area contributed by atoms with E-state index in [1.807, 2.05) is 13.8 Å². The Hall–Kier alpha value is -2.17. The van der Waals surface area contributed by atoms with Gasteiger partial charge in [-0.3, -0.25) is 19.6 Å². The molecule has 4 heterocycles. The number of imidazole rings is 1. The molecule has 0 saturated carbocycles. The quantitative estimate of drug-likeness (QED) is 0.294. The number of nitrogens with one attached hydrogen (secondary N) is 2. The minimum Gasteiger partial charge on any atom is -0.441 e. The third-order valence-corrected chi connectivity index (χ3v) is 4.41. The molecule has 0 fully saturated rings. The summed E-state index contributed by atoms with van der Waals surface area (Å²) in [6, 6.07) is 0. The van der Waals surface area contributed by atoms with Crippen LogP contribution in [0.25, 0.3) is 11.2 Å². The number of nitrogens with zero attached hydrogens (tertiary/aromatic N) is 5.